The molecule has 0 saturated heterocycles. The number of rotatable bonds is 6. The largest absolute Gasteiger partial charge is 0.493 e. The summed E-state index contributed by atoms with van der Waals surface area (Å²) in [5, 5.41) is 12.3. The molecule has 7 heteroatoms. The molecule has 3 N–H and O–H groups in total. The molecule has 134 valence electrons. The molecule has 26 heavy (non-hydrogen) atoms. The molecule has 3 rings (SSSR count). The van der Waals surface area contributed by atoms with Crippen LogP contribution in [0.1, 0.15) is 21.5 Å². The minimum Gasteiger partial charge on any atom is -0.493 e. The van der Waals surface area contributed by atoms with Gasteiger partial charge in [0.15, 0.2) is 17.3 Å². The van der Waals surface area contributed by atoms with Gasteiger partial charge in [0.05, 0.1) is 20.8 Å². The van der Waals surface area contributed by atoms with Gasteiger partial charge in [-0.2, -0.15) is 0 Å². The summed E-state index contributed by atoms with van der Waals surface area (Å²) >= 11 is 1.50. The lowest BCUT2D eigenvalue weighted by atomic mass is 9.98. The van der Waals surface area contributed by atoms with E-state index in [1.165, 1.54) is 25.6 Å². The van der Waals surface area contributed by atoms with E-state index in [4.69, 9.17) is 15.2 Å². The molecule has 1 aromatic heterocycles. The number of anilines is 1. The highest BCUT2D eigenvalue weighted by molar-refractivity contribution is 7.13. The lowest BCUT2D eigenvalue weighted by molar-refractivity contribution is 0.103. The van der Waals surface area contributed by atoms with Crippen LogP contribution in [0, 0.1) is 0 Å². The van der Waals surface area contributed by atoms with Gasteiger partial charge in [-0.25, -0.2) is 4.98 Å². The summed E-state index contributed by atoms with van der Waals surface area (Å²) in [7, 11) is 2.96. The van der Waals surface area contributed by atoms with E-state index in [-0.39, 0.29) is 12.4 Å². The van der Waals surface area contributed by atoms with Crippen LogP contribution in [0.2, 0.25) is 0 Å². The number of benzene rings is 2. The van der Waals surface area contributed by atoms with Crippen molar-refractivity contribution in [3.63, 3.8) is 0 Å². The molecule has 0 fully saturated rings. The molecule has 0 aliphatic heterocycles. The van der Waals surface area contributed by atoms with Crippen molar-refractivity contribution in [1.29, 1.82) is 0 Å². The van der Waals surface area contributed by atoms with Crippen molar-refractivity contribution in [1.82, 2.24) is 4.98 Å². The summed E-state index contributed by atoms with van der Waals surface area (Å²) in [6.07, 6.45) is 1.72. The first-order chi connectivity index (χ1) is 12.6. The Morgan fingerprint density at radius 2 is 2.04 bits per heavy atom. The van der Waals surface area contributed by atoms with Crippen LogP contribution in [0.5, 0.6) is 11.5 Å². The van der Waals surface area contributed by atoms with Gasteiger partial charge in [0.2, 0.25) is 0 Å². The molecule has 2 aromatic carbocycles. The Bertz CT molecular complexity index is 914. The smallest absolute Gasteiger partial charge is 0.195 e. The molecule has 0 amide bonds. The zero-order valence-electron chi connectivity index (χ0n) is 14.4. The van der Waals surface area contributed by atoms with Gasteiger partial charge in [0.1, 0.15) is 5.01 Å². The number of ketones is 1. The summed E-state index contributed by atoms with van der Waals surface area (Å²) in [6, 6.07) is 8.39. The van der Waals surface area contributed by atoms with Crippen LogP contribution in [0.15, 0.2) is 41.9 Å². The number of hydrogen-bond acceptors (Lipinski definition) is 7. The highest BCUT2D eigenvalue weighted by Crippen LogP contribution is 2.34. The van der Waals surface area contributed by atoms with Crippen molar-refractivity contribution in [2.75, 3.05) is 20.0 Å². The normalized spacial score (nSPS) is 10.6. The Hall–Kier alpha value is -2.90. The van der Waals surface area contributed by atoms with Gasteiger partial charge in [-0.15, -0.1) is 11.3 Å². The first-order valence-electron chi connectivity index (χ1n) is 7.79. The summed E-state index contributed by atoms with van der Waals surface area (Å²) in [4.78, 5) is 17.2. The second-order valence-corrected chi connectivity index (χ2v) is 6.39. The topological polar surface area (TPSA) is 94.7 Å². The highest BCUT2D eigenvalue weighted by Gasteiger charge is 2.19. The minimum atomic E-state index is -0.279. The Balaban J connectivity index is 2.02. The number of nitrogen functional groups attached to an aromatic ring is 1. The minimum absolute atomic E-state index is 0.260. The zero-order valence-corrected chi connectivity index (χ0v) is 15.2. The summed E-state index contributed by atoms with van der Waals surface area (Å²) in [5.41, 5.74) is 8.54. The second kappa shape index (κ2) is 7.55. The van der Waals surface area contributed by atoms with Crippen LogP contribution in [-0.2, 0) is 6.61 Å². The molecule has 1 heterocycles. The number of aromatic nitrogens is 1. The molecule has 0 spiro atoms. The fourth-order valence-electron chi connectivity index (χ4n) is 2.72. The maximum Gasteiger partial charge on any atom is 0.195 e. The van der Waals surface area contributed by atoms with Crippen LogP contribution in [-0.4, -0.2) is 30.1 Å². The van der Waals surface area contributed by atoms with E-state index in [2.05, 4.69) is 4.98 Å². The third-order valence-electron chi connectivity index (χ3n) is 3.96. The molecular weight excluding hydrogens is 352 g/mol. The van der Waals surface area contributed by atoms with Crippen LogP contribution in [0.3, 0.4) is 0 Å². The van der Waals surface area contributed by atoms with Crippen LogP contribution < -0.4 is 15.2 Å². The lowest BCUT2D eigenvalue weighted by Gasteiger charge is -2.14. The molecule has 3 aromatic rings. The van der Waals surface area contributed by atoms with Crippen LogP contribution in [0.25, 0.3) is 10.6 Å². The lowest BCUT2D eigenvalue weighted by Crippen LogP contribution is -2.08. The Kier molecular flexibility index (Phi) is 5.20. The van der Waals surface area contributed by atoms with Gasteiger partial charge in [0.25, 0.3) is 0 Å². The predicted octanol–water partition coefficient (Wildman–Crippen LogP) is 3.13. The monoisotopic (exact) mass is 370 g/mol. The average Bonchev–Trinajstić information content (AvgIpc) is 3.20. The molecular formula is C19H18N2O4S. The molecule has 0 radical (unpaired) electrons. The van der Waals surface area contributed by atoms with Crippen molar-refractivity contribution in [2.45, 2.75) is 6.61 Å². The standard InChI is InChI=1S/C19H18N2O4S/c1-24-16-9-12(7-13(10-22)18(16)25-2)17(23)14-4-3-11(8-15(14)20)19-21-5-6-26-19/h3-9,22H,10,20H2,1-2H3. The number of carbonyl (C=O) groups is 1. The van der Waals surface area contributed by atoms with Crippen molar-refractivity contribution in [2.24, 2.45) is 0 Å². The Morgan fingerprint density at radius 1 is 1.23 bits per heavy atom. The number of hydrogen-bond donors (Lipinski definition) is 2. The first kappa shape index (κ1) is 17.9. The number of thiazole rings is 1. The van der Waals surface area contributed by atoms with Crippen molar-refractivity contribution in [3.8, 4) is 22.1 Å². The molecule has 0 bridgehead atoms. The average molecular weight is 370 g/mol. The van der Waals surface area contributed by atoms with E-state index >= 15 is 0 Å². The van der Waals surface area contributed by atoms with E-state index < -0.39 is 0 Å². The summed E-state index contributed by atoms with van der Waals surface area (Å²) < 4.78 is 10.5. The van der Waals surface area contributed by atoms with Gasteiger partial charge < -0.3 is 20.3 Å². The van der Waals surface area contributed by atoms with Crippen molar-refractivity contribution in [3.05, 3.63) is 58.6 Å². The van der Waals surface area contributed by atoms with E-state index in [0.29, 0.717) is 33.9 Å². The second-order valence-electron chi connectivity index (χ2n) is 5.50. The number of aliphatic hydroxyl groups excluding tert-OH is 1. The van der Waals surface area contributed by atoms with Gasteiger partial charge in [-0.3, -0.25) is 4.79 Å². The molecule has 0 atom stereocenters. The number of nitrogens with two attached hydrogens (primary N) is 1. The summed E-state index contributed by atoms with van der Waals surface area (Å²) in [5.74, 6) is 0.517. The van der Waals surface area contributed by atoms with Crippen molar-refractivity contribution >= 4 is 22.8 Å². The number of aliphatic hydroxyl groups is 1. The van der Waals surface area contributed by atoms with Crippen LogP contribution >= 0.6 is 11.3 Å². The maximum absolute atomic E-state index is 12.9. The van der Waals surface area contributed by atoms with Gasteiger partial charge in [-0.05, 0) is 24.3 Å². The van der Waals surface area contributed by atoms with E-state index in [9.17, 15) is 9.90 Å². The fourth-order valence-corrected chi connectivity index (χ4v) is 3.35. The molecule has 6 nitrogen and oxygen atoms in total. The third kappa shape index (κ3) is 3.26. The third-order valence-corrected chi connectivity index (χ3v) is 4.79. The molecule has 0 aliphatic rings. The number of ether oxygens (including phenoxy) is 2. The van der Waals surface area contributed by atoms with E-state index in [1.54, 1.807) is 30.5 Å². The van der Waals surface area contributed by atoms with Gasteiger partial charge in [0, 0.05) is 39.5 Å². The quantitative estimate of drug-likeness (QED) is 0.511. The predicted molar refractivity (Wildman–Crippen MR) is 101 cm³/mol. The van der Waals surface area contributed by atoms with Gasteiger partial charge in [-0.1, -0.05) is 6.07 Å². The first-order valence-corrected chi connectivity index (χ1v) is 8.66. The molecule has 0 saturated carbocycles. The Morgan fingerprint density at radius 3 is 2.62 bits per heavy atom. The number of nitrogens with zero attached hydrogens (tertiary/aromatic N) is 1. The fraction of sp³-hybridized carbons (Fsp3) is 0.158. The highest BCUT2D eigenvalue weighted by atomic mass is 32.1. The summed E-state index contributed by atoms with van der Waals surface area (Å²) in [6.45, 7) is -0.279. The van der Waals surface area contributed by atoms with Crippen molar-refractivity contribution < 1.29 is 19.4 Å². The zero-order chi connectivity index (χ0) is 18.7. The molecule has 0 unspecified atom stereocenters. The Labute approximate surface area is 154 Å². The number of carbonyl (C=O) groups excluding carboxylic acids is 1. The van der Waals surface area contributed by atoms with E-state index in [1.807, 2.05) is 11.4 Å². The van der Waals surface area contributed by atoms with Gasteiger partial charge >= 0.3 is 0 Å². The number of methoxy groups -OCH3 is 2. The SMILES string of the molecule is COc1cc(C(=O)c2ccc(-c3nccs3)cc2N)cc(CO)c1OC. The van der Waals surface area contributed by atoms with E-state index in [0.717, 1.165) is 10.6 Å². The van der Waals surface area contributed by atoms with Crippen LogP contribution in [0.4, 0.5) is 5.69 Å². The molecule has 0 aliphatic carbocycles. The maximum atomic E-state index is 12.9.